The van der Waals surface area contributed by atoms with Crippen LogP contribution in [0.5, 0.6) is 0 Å². The standard InChI is InChI=1S/C15H17N3O3/c1-4-21-15(20)12-9-13(11-5-7-16-8-6-11)17-18(10(2)3)14(12)19/h5-10H,4H2,1-3H3. The third kappa shape index (κ3) is 3.16. The van der Waals surface area contributed by atoms with Crippen LogP contribution in [0.15, 0.2) is 35.4 Å². The quantitative estimate of drug-likeness (QED) is 0.805. The molecular formula is C15H17N3O3. The Morgan fingerprint density at radius 3 is 2.57 bits per heavy atom. The van der Waals surface area contributed by atoms with Gasteiger partial charge in [-0.2, -0.15) is 5.10 Å². The predicted molar refractivity (Wildman–Crippen MR) is 78.1 cm³/mol. The van der Waals surface area contributed by atoms with Crippen molar-refractivity contribution in [3.05, 3.63) is 46.5 Å². The molecule has 2 heterocycles. The molecule has 0 aliphatic heterocycles. The molecule has 0 aromatic carbocycles. The van der Waals surface area contributed by atoms with Crippen LogP contribution in [0.2, 0.25) is 0 Å². The second kappa shape index (κ2) is 6.30. The molecule has 110 valence electrons. The summed E-state index contributed by atoms with van der Waals surface area (Å²) in [5.41, 5.74) is 0.868. The van der Waals surface area contributed by atoms with Gasteiger partial charge in [0.05, 0.1) is 18.3 Å². The lowest BCUT2D eigenvalue weighted by atomic mass is 10.1. The minimum atomic E-state index is -0.630. The highest BCUT2D eigenvalue weighted by atomic mass is 16.5. The molecule has 0 N–H and O–H groups in total. The number of hydrogen-bond acceptors (Lipinski definition) is 5. The second-order valence-electron chi connectivity index (χ2n) is 4.74. The van der Waals surface area contributed by atoms with E-state index in [2.05, 4.69) is 10.1 Å². The zero-order chi connectivity index (χ0) is 15.4. The predicted octanol–water partition coefficient (Wildman–Crippen LogP) is 2.06. The Bertz CT molecular complexity index is 693. The van der Waals surface area contributed by atoms with Gasteiger partial charge in [0, 0.05) is 18.0 Å². The highest BCUT2D eigenvalue weighted by Crippen LogP contribution is 2.16. The first-order valence-electron chi connectivity index (χ1n) is 6.76. The molecule has 0 fully saturated rings. The minimum absolute atomic E-state index is 0.00707. The van der Waals surface area contributed by atoms with Gasteiger partial charge >= 0.3 is 5.97 Å². The van der Waals surface area contributed by atoms with E-state index < -0.39 is 11.5 Å². The molecule has 0 spiro atoms. The first kappa shape index (κ1) is 14.9. The molecule has 21 heavy (non-hydrogen) atoms. The van der Waals surface area contributed by atoms with Crippen LogP contribution in [0.1, 0.15) is 37.2 Å². The fraction of sp³-hybridized carbons (Fsp3) is 0.333. The van der Waals surface area contributed by atoms with Crippen LogP contribution in [0, 0.1) is 0 Å². The van der Waals surface area contributed by atoms with Crippen LogP contribution in [0.4, 0.5) is 0 Å². The maximum Gasteiger partial charge on any atom is 0.343 e. The topological polar surface area (TPSA) is 74.1 Å². The number of aromatic nitrogens is 3. The second-order valence-corrected chi connectivity index (χ2v) is 4.74. The Morgan fingerprint density at radius 2 is 2.00 bits per heavy atom. The van der Waals surface area contributed by atoms with Crippen molar-refractivity contribution in [2.24, 2.45) is 0 Å². The molecule has 2 rings (SSSR count). The van der Waals surface area contributed by atoms with Gasteiger partial charge in [-0.15, -0.1) is 0 Å². The van der Waals surface area contributed by atoms with E-state index in [1.807, 2.05) is 13.8 Å². The Kier molecular flexibility index (Phi) is 4.47. The number of carbonyl (C=O) groups is 1. The van der Waals surface area contributed by atoms with Crippen molar-refractivity contribution in [3.63, 3.8) is 0 Å². The largest absolute Gasteiger partial charge is 0.462 e. The van der Waals surface area contributed by atoms with Gasteiger partial charge in [-0.1, -0.05) is 0 Å². The highest BCUT2D eigenvalue weighted by Gasteiger charge is 2.18. The zero-order valence-electron chi connectivity index (χ0n) is 12.2. The average Bonchev–Trinajstić information content (AvgIpc) is 2.48. The van der Waals surface area contributed by atoms with E-state index in [0.717, 1.165) is 5.56 Å². The Labute approximate surface area is 122 Å². The summed E-state index contributed by atoms with van der Waals surface area (Å²) in [6.45, 7) is 5.58. The summed E-state index contributed by atoms with van der Waals surface area (Å²) in [5, 5.41) is 4.31. The first-order valence-corrected chi connectivity index (χ1v) is 6.76. The summed E-state index contributed by atoms with van der Waals surface area (Å²) >= 11 is 0. The molecule has 6 nitrogen and oxygen atoms in total. The van der Waals surface area contributed by atoms with Crippen molar-refractivity contribution < 1.29 is 9.53 Å². The Morgan fingerprint density at radius 1 is 1.33 bits per heavy atom. The van der Waals surface area contributed by atoms with Gasteiger partial charge in [0.15, 0.2) is 0 Å². The molecule has 0 aliphatic carbocycles. The van der Waals surface area contributed by atoms with E-state index in [1.165, 1.54) is 10.7 Å². The van der Waals surface area contributed by atoms with Crippen LogP contribution in [-0.2, 0) is 4.74 Å². The number of ether oxygens (including phenoxy) is 1. The molecule has 0 radical (unpaired) electrons. The van der Waals surface area contributed by atoms with Gasteiger partial charge in [0.1, 0.15) is 5.56 Å². The third-order valence-corrected chi connectivity index (χ3v) is 2.90. The molecule has 0 aliphatic rings. The maximum atomic E-state index is 12.3. The Hall–Kier alpha value is -2.50. The third-order valence-electron chi connectivity index (χ3n) is 2.90. The number of nitrogens with zero attached hydrogens (tertiary/aromatic N) is 3. The lowest BCUT2D eigenvalue weighted by Crippen LogP contribution is -2.31. The number of rotatable bonds is 4. The van der Waals surface area contributed by atoms with Gasteiger partial charge < -0.3 is 4.74 Å². The first-order chi connectivity index (χ1) is 10.0. The normalized spacial score (nSPS) is 10.7. The van der Waals surface area contributed by atoms with Crippen molar-refractivity contribution in [1.82, 2.24) is 14.8 Å². The van der Waals surface area contributed by atoms with Gasteiger partial charge in [-0.3, -0.25) is 9.78 Å². The van der Waals surface area contributed by atoms with Crippen molar-refractivity contribution in [2.45, 2.75) is 26.8 Å². The van der Waals surface area contributed by atoms with E-state index in [-0.39, 0.29) is 18.2 Å². The van der Waals surface area contributed by atoms with Crippen LogP contribution in [0.25, 0.3) is 11.3 Å². The number of carbonyl (C=O) groups excluding carboxylic acids is 1. The fourth-order valence-corrected chi connectivity index (χ4v) is 1.88. The van der Waals surface area contributed by atoms with E-state index in [0.29, 0.717) is 5.69 Å². The van der Waals surface area contributed by atoms with Crippen LogP contribution >= 0.6 is 0 Å². The lowest BCUT2D eigenvalue weighted by Gasteiger charge is -2.12. The van der Waals surface area contributed by atoms with E-state index in [1.54, 1.807) is 31.5 Å². The summed E-state index contributed by atoms with van der Waals surface area (Å²) < 4.78 is 6.24. The summed E-state index contributed by atoms with van der Waals surface area (Å²) in [6.07, 6.45) is 3.26. The molecule has 0 amide bonds. The lowest BCUT2D eigenvalue weighted by molar-refractivity contribution is 0.0523. The maximum absolute atomic E-state index is 12.3. The smallest absolute Gasteiger partial charge is 0.343 e. The van der Waals surface area contributed by atoms with Gasteiger partial charge in [-0.05, 0) is 39.0 Å². The summed E-state index contributed by atoms with van der Waals surface area (Å²) in [5.74, 6) is -0.630. The number of esters is 1. The van der Waals surface area contributed by atoms with Crippen molar-refractivity contribution in [3.8, 4) is 11.3 Å². The van der Waals surface area contributed by atoms with Gasteiger partial charge in [0.25, 0.3) is 5.56 Å². The van der Waals surface area contributed by atoms with E-state index >= 15 is 0 Å². The van der Waals surface area contributed by atoms with Crippen LogP contribution < -0.4 is 5.56 Å². The molecule has 0 atom stereocenters. The minimum Gasteiger partial charge on any atom is -0.462 e. The molecule has 6 heteroatoms. The highest BCUT2D eigenvalue weighted by molar-refractivity contribution is 5.90. The van der Waals surface area contributed by atoms with Crippen molar-refractivity contribution >= 4 is 5.97 Å². The average molecular weight is 287 g/mol. The molecule has 0 unspecified atom stereocenters. The Balaban J connectivity index is 2.63. The van der Waals surface area contributed by atoms with Gasteiger partial charge in [-0.25, -0.2) is 9.48 Å². The van der Waals surface area contributed by atoms with Gasteiger partial charge in [0.2, 0.25) is 0 Å². The summed E-state index contributed by atoms with van der Waals surface area (Å²) in [7, 11) is 0. The number of pyridine rings is 1. The molecule has 0 saturated carbocycles. The van der Waals surface area contributed by atoms with Crippen molar-refractivity contribution in [2.75, 3.05) is 6.61 Å². The zero-order valence-corrected chi connectivity index (χ0v) is 12.2. The van der Waals surface area contributed by atoms with Crippen LogP contribution in [0.3, 0.4) is 0 Å². The SMILES string of the molecule is CCOC(=O)c1cc(-c2ccncc2)nn(C(C)C)c1=O. The molecule has 2 aromatic heterocycles. The summed E-state index contributed by atoms with van der Waals surface area (Å²) in [6, 6.07) is 4.85. The molecule has 0 saturated heterocycles. The van der Waals surface area contributed by atoms with Crippen LogP contribution in [-0.4, -0.2) is 27.3 Å². The fourth-order valence-electron chi connectivity index (χ4n) is 1.88. The summed E-state index contributed by atoms with van der Waals surface area (Å²) in [4.78, 5) is 28.2. The molecule has 2 aromatic rings. The number of hydrogen-bond donors (Lipinski definition) is 0. The molecular weight excluding hydrogens is 270 g/mol. The van der Waals surface area contributed by atoms with E-state index in [4.69, 9.17) is 4.74 Å². The monoisotopic (exact) mass is 287 g/mol. The van der Waals surface area contributed by atoms with E-state index in [9.17, 15) is 9.59 Å². The molecule has 0 bridgehead atoms. The van der Waals surface area contributed by atoms with Crippen molar-refractivity contribution in [1.29, 1.82) is 0 Å².